The Morgan fingerprint density at radius 3 is 2.45 bits per heavy atom. The maximum atomic E-state index is 6.63. The molecule has 2 heterocycles. The highest BCUT2D eigenvalue weighted by Gasteiger charge is 2.26. The predicted octanol–water partition coefficient (Wildman–Crippen LogP) is 6.45. The number of benzene rings is 1. The molecule has 0 saturated carbocycles. The largest absolute Gasteiger partial charge is 0.394 e. The molecule has 0 fully saturated rings. The number of fused-ring (bicyclic) bond motifs is 1. The molecule has 0 aliphatic carbocycles. The highest BCUT2D eigenvalue weighted by atomic mass is 28.3. The van der Waals surface area contributed by atoms with Gasteiger partial charge in [0.1, 0.15) is 11.3 Å². The Morgan fingerprint density at radius 2 is 1.87 bits per heavy atom. The van der Waals surface area contributed by atoms with Crippen LogP contribution in [0.25, 0.3) is 11.2 Å². The molecule has 1 atom stereocenters. The molecule has 31 heavy (non-hydrogen) atoms. The Kier molecular flexibility index (Phi) is 6.87. The van der Waals surface area contributed by atoms with Gasteiger partial charge in [0, 0.05) is 17.7 Å². The van der Waals surface area contributed by atoms with Crippen molar-refractivity contribution in [2.24, 2.45) is 0 Å². The van der Waals surface area contributed by atoms with Crippen molar-refractivity contribution in [2.45, 2.75) is 79.1 Å². The first-order valence-corrected chi connectivity index (χ1v) is 13.5. The van der Waals surface area contributed by atoms with Crippen molar-refractivity contribution in [1.29, 1.82) is 0 Å². The molecule has 0 N–H and O–H groups in total. The van der Waals surface area contributed by atoms with Gasteiger partial charge in [0.05, 0.1) is 0 Å². The topological polar surface area (TPSA) is 39.9 Å². The number of hydrogen-bond donors (Lipinski definition) is 0. The van der Waals surface area contributed by atoms with E-state index in [0.717, 1.165) is 46.7 Å². The fourth-order valence-corrected chi connectivity index (χ4v) is 4.92. The van der Waals surface area contributed by atoms with Gasteiger partial charge in [0.15, 0.2) is 11.9 Å². The monoisotopic (exact) mass is 434 g/mol. The second-order valence-corrected chi connectivity index (χ2v) is 11.6. The van der Waals surface area contributed by atoms with Gasteiger partial charge in [-0.1, -0.05) is 52.0 Å². The Morgan fingerprint density at radius 1 is 1.16 bits per heavy atom. The molecule has 3 aromatic rings. The number of nitrogens with zero attached hydrogens (tertiary/aromatic N) is 3. The van der Waals surface area contributed by atoms with Crippen LogP contribution in [0.5, 0.6) is 0 Å². The van der Waals surface area contributed by atoms with Gasteiger partial charge in [-0.05, 0) is 61.5 Å². The third-order valence-corrected chi connectivity index (χ3v) is 6.22. The second kappa shape index (κ2) is 9.09. The smallest absolute Gasteiger partial charge is 0.208 e. The highest BCUT2D eigenvalue weighted by Crippen LogP contribution is 2.33. The average molecular weight is 435 g/mol. The zero-order valence-electron chi connectivity index (χ0n) is 20.3. The van der Waals surface area contributed by atoms with E-state index < -0.39 is 9.04 Å². The summed E-state index contributed by atoms with van der Waals surface area (Å²) >= 11 is 0. The number of imidazole rings is 1. The molecular formula is C26H36N3OSi. The van der Waals surface area contributed by atoms with Crippen LogP contribution in [-0.2, 0) is 22.7 Å². The molecule has 0 spiro atoms. The predicted molar refractivity (Wildman–Crippen MR) is 132 cm³/mol. The van der Waals surface area contributed by atoms with Gasteiger partial charge in [0.25, 0.3) is 0 Å². The van der Waals surface area contributed by atoms with Crippen LogP contribution < -0.4 is 0 Å². The Bertz CT molecular complexity index is 1090. The van der Waals surface area contributed by atoms with E-state index in [1.807, 2.05) is 13.0 Å². The van der Waals surface area contributed by atoms with Gasteiger partial charge in [-0.25, -0.2) is 9.97 Å². The minimum atomic E-state index is -0.977. The maximum Gasteiger partial charge on any atom is 0.208 e. The summed E-state index contributed by atoms with van der Waals surface area (Å²) in [6, 6.07) is 8.88. The lowest BCUT2D eigenvalue weighted by Crippen LogP contribution is -2.23. The van der Waals surface area contributed by atoms with E-state index >= 15 is 0 Å². The van der Waals surface area contributed by atoms with Gasteiger partial charge in [-0.15, -0.1) is 6.58 Å². The number of hydrogen-bond acceptors (Lipinski definition) is 3. The zero-order chi connectivity index (χ0) is 22.9. The van der Waals surface area contributed by atoms with Crippen LogP contribution in [0.3, 0.4) is 0 Å². The third kappa shape index (κ3) is 4.83. The lowest BCUT2D eigenvalue weighted by molar-refractivity contribution is 0.176. The fourth-order valence-electron chi connectivity index (χ4n) is 4.23. The molecule has 2 aromatic heterocycles. The summed E-state index contributed by atoms with van der Waals surface area (Å²) in [5, 5.41) is 0. The highest BCUT2D eigenvalue weighted by molar-refractivity contribution is 6.48. The van der Waals surface area contributed by atoms with Crippen LogP contribution in [0.15, 0.2) is 36.9 Å². The van der Waals surface area contributed by atoms with E-state index in [9.17, 15) is 0 Å². The summed E-state index contributed by atoms with van der Waals surface area (Å²) in [7, 11) is -0.977. The van der Waals surface area contributed by atoms with Crippen molar-refractivity contribution >= 4 is 20.2 Å². The molecule has 1 unspecified atom stereocenters. The SMILES string of the molecule is C=CCc1cc(C(O[Si](C)C)n2c(CC)nc3c(C)cc(C)nc32)ccc1C(C)(C)C. The molecule has 0 aliphatic rings. The van der Waals surface area contributed by atoms with E-state index in [2.05, 4.69) is 83.1 Å². The number of rotatable bonds is 7. The molecule has 165 valence electrons. The fraction of sp³-hybridized carbons (Fsp3) is 0.462. The van der Waals surface area contributed by atoms with Crippen molar-refractivity contribution in [2.75, 3.05) is 0 Å². The molecule has 0 bridgehead atoms. The number of allylic oxidation sites excluding steroid dienone is 1. The van der Waals surface area contributed by atoms with Crippen molar-refractivity contribution < 1.29 is 4.43 Å². The summed E-state index contributed by atoms with van der Waals surface area (Å²) in [6.07, 6.45) is 3.40. The first-order valence-electron chi connectivity index (χ1n) is 11.1. The van der Waals surface area contributed by atoms with E-state index in [1.54, 1.807) is 0 Å². The summed E-state index contributed by atoms with van der Waals surface area (Å²) in [5.74, 6) is 1.01. The van der Waals surface area contributed by atoms with Crippen molar-refractivity contribution in [3.8, 4) is 0 Å². The molecule has 1 radical (unpaired) electrons. The van der Waals surface area contributed by atoms with Gasteiger partial charge >= 0.3 is 0 Å². The minimum Gasteiger partial charge on any atom is -0.394 e. The first-order chi connectivity index (χ1) is 14.6. The minimum absolute atomic E-state index is 0.0732. The number of pyridine rings is 1. The van der Waals surface area contributed by atoms with E-state index in [4.69, 9.17) is 14.4 Å². The standard InChI is InChI=1S/C26H36N3OSi/c1-10-12-19-16-20(13-14-21(19)26(5,6)7)25(30-31(8)9)29-22(11-2)28-23-17(3)15-18(4)27-24(23)29/h10,13-16,25H,1,11-12H2,2-9H3. The normalized spacial score (nSPS) is 13.2. The van der Waals surface area contributed by atoms with E-state index in [-0.39, 0.29) is 11.6 Å². The van der Waals surface area contributed by atoms with Gasteiger partial charge < -0.3 is 4.43 Å². The molecule has 0 saturated heterocycles. The van der Waals surface area contributed by atoms with Crippen LogP contribution in [0, 0.1) is 13.8 Å². The second-order valence-electron chi connectivity index (χ2n) is 9.54. The van der Waals surface area contributed by atoms with Crippen LogP contribution in [-0.4, -0.2) is 23.6 Å². The van der Waals surface area contributed by atoms with Gasteiger partial charge in [0.2, 0.25) is 9.04 Å². The van der Waals surface area contributed by atoms with Crippen LogP contribution >= 0.6 is 0 Å². The first kappa shape index (κ1) is 23.4. The van der Waals surface area contributed by atoms with Crippen LogP contribution in [0.4, 0.5) is 0 Å². The van der Waals surface area contributed by atoms with E-state index in [0.29, 0.717) is 0 Å². The average Bonchev–Trinajstić information content (AvgIpc) is 3.04. The molecule has 4 nitrogen and oxygen atoms in total. The summed E-state index contributed by atoms with van der Waals surface area (Å²) in [6.45, 7) is 21.4. The lowest BCUT2D eigenvalue weighted by atomic mass is 9.82. The molecule has 3 rings (SSSR count). The molecule has 0 amide bonds. The molecule has 0 aliphatic heterocycles. The van der Waals surface area contributed by atoms with Crippen molar-refractivity contribution in [3.05, 3.63) is 70.7 Å². The Labute approximate surface area is 189 Å². The van der Waals surface area contributed by atoms with Gasteiger partial charge in [-0.2, -0.15) is 0 Å². The third-order valence-electron chi connectivity index (χ3n) is 5.52. The van der Waals surface area contributed by atoms with Crippen LogP contribution in [0.2, 0.25) is 13.1 Å². The molecular weight excluding hydrogens is 398 g/mol. The van der Waals surface area contributed by atoms with E-state index in [1.165, 1.54) is 11.1 Å². The van der Waals surface area contributed by atoms with Crippen molar-refractivity contribution in [1.82, 2.24) is 14.5 Å². The molecule has 5 heteroatoms. The summed E-state index contributed by atoms with van der Waals surface area (Å²) in [5.41, 5.74) is 7.91. The number of aromatic nitrogens is 3. The Hall–Kier alpha value is -2.24. The maximum absolute atomic E-state index is 6.63. The summed E-state index contributed by atoms with van der Waals surface area (Å²) in [4.78, 5) is 9.85. The molecule has 1 aromatic carbocycles. The zero-order valence-corrected chi connectivity index (χ0v) is 21.3. The summed E-state index contributed by atoms with van der Waals surface area (Å²) < 4.78 is 8.85. The number of aryl methyl sites for hydroxylation is 3. The lowest BCUT2D eigenvalue weighted by Gasteiger charge is -2.27. The Balaban J connectivity index is 2.27. The quantitative estimate of drug-likeness (QED) is 0.317. The van der Waals surface area contributed by atoms with Crippen LogP contribution in [0.1, 0.15) is 67.7 Å². The van der Waals surface area contributed by atoms with Gasteiger partial charge in [-0.3, -0.25) is 4.57 Å². The van der Waals surface area contributed by atoms with Crippen molar-refractivity contribution in [3.63, 3.8) is 0 Å².